The second-order valence-corrected chi connectivity index (χ2v) is 8.65. The number of methoxy groups -OCH3 is 1. The average molecular weight is 419 g/mol. The normalized spacial score (nSPS) is 16.6. The number of benzene rings is 2. The second kappa shape index (κ2) is 8.96. The van der Waals surface area contributed by atoms with E-state index in [2.05, 4.69) is 13.8 Å². The molecule has 0 bridgehead atoms. The molecule has 31 heavy (non-hydrogen) atoms. The van der Waals surface area contributed by atoms with Crippen LogP contribution in [0.3, 0.4) is 0 Å². The van der Waals surface area contributed by atoms with Gasteiger partial charge in [0.15, 0.2) is 0 Å². The average Bonchev–Trinajstić information content (AvgIpc) is 2.77. The van der Waals surface area contributed by atoms with Crippen molar-refractivity contribution in [3.8, 4) is 11.5 Å². The summed E-state index contributed by atoms with van der Waals surface area (Å²) in [7, 11) is 1.65. The third kappa shape index (κ3) is 4.66. The first-order valence-corrected chi connectivity index (χ1v) is 11.0. The molecule has 1 fully saturated rings. The van der Waals surface area contributed by atoms with Crippen LogP contribution in [0.2, 0.25) is 0 Å². The Hall–Kier alpha value is -3.08. The highest BCUT2D eigenvalue weighted by molar-refractivity contribution is 5.84. The van der Waals surface area contributed by atoms with E-state index in [0.29, 0.717) is 6.54 Å². The summed E-state index contributed by atoms with van der Waals surface area (Å²) in [5.41, 5.74) is 2.94. The van der Waals surface area contributed by atoms with Crippen LogP contribution in [0.4, 0.5) is 0 Å². The van der Waals surface area contributed by atoms with Gasteiger partial charge in [-0.05, 0) is 78.4 Å². The summed E-state index contributed by atoms with van der Waals surface area (Å²) in [6, 6.07) is 13.8. The smallest absolute Gasteiger partial charge is 0.258 e. The summed E-state index contributed by atoms with van der Waals surface area (Å²) in [5.74, 6) is 1.92. The van der Waals surface area contributed by atoms with Gasteiger partial charge in [-0.1, -0.05) is 26.0 Å². The van der Waals surface area contributed by atoms with Crippen LogP contribution >= 0.6 is 0 Å². The fourth-order valence-corrected chi connectivity index (χ4v) is 4.17. The summed E-state index contributed by atoms with van der Waals surface area (Å²) in [5, 5.41) is 9.44. The number of nitrogens with zero attached hydrogens (tertiary/aromatic N) is 1. The van der Waals surface area contributed by atoms with Gasteiger partial charge in [-0.3, -0.25) is 4.79 Å². The van der Waals surface area contributed by atoms with Crippen molar-refractivity contribution in [2.75, 3.05) is 7.11 Å². The zero-order valence-corrected chi connectivity index (χ0v) is 18.5. The van der Waals surface area contributed by atoms with Gasteiger partial charge in [0.25, 0.3) is 5.56 Å². The van der Waals surface area contributed by atoms with Gasteiger partial charge in [-0.25, -0.2) is 0 Å². The lowest BCUT2D eigenvalue weighted by atomic mass is 9.95. The molecule has 1 aliphatic carbocycles. The van der Waals surface area contributed by atoms with Gasteiger partial charge >= 0.3 is 0 Å². The molecule has 1 saturated carbocycles. The molecule has 1 aromatic heterocycles. The molecule has 0 unspecified atom stereocenters. The van der Waals surface area contributed by atoms with Gasteiger partial charge in [0, 0.05) is 17.3 Å². The lowest BCUT2D eigenvalue weighted by Gasteiger charge is -2.26. The quantitative estimate of drug-likeness (QED) is 0.573. The maximum absolute atomic E-state index is 13.2. The van der Waals surface area contributed by atoms with Crippen molar-refractivity contribution in [1.82, 2.24) is 4.57 Å². The predicted octanol–water partition coefficient (Wildman–Crippen LogP) is 5.52. The maximum atomic E-state index is 13.2. The SMILES string of the molecule is COc1ccc(Cn2ccc3cc(OC4CCC(=N)CC4)c(C(C)C)cc3c2=O)cc1. The molecule has 1 heterocycles. The highest BCUT2D eigenvalue weighted by Gasteiger charge is 2.21. The molecule has 1 N–H and O–H groups in total. The Balaban J connectivity index is 1.66. The van der Waals surface area contributed by atoms with Gasteiger partial charge in [0.2, 0.25) is 0 Å². The number of rotatable bonds is 6. The first-order chi connectivity index (χ1) is 14.9. The van der Waals surface area contributed by atoms with Crippen LogP contribution in [-0.4, -0.2) is 23.5 Å². The topological polar surface area (TPSA) is 64.3 Å². The van der Waals surface area contributed by atoms with Crippen molar-refractivity contribution in [1.29, 1.82) is 5.41 Å². The van der Waals surface area contributed by atoms with Crippen molar-refractivity contribution in [3.05, 3.63) is 70.1 Å². The van der Waals surface area contributed by atoms with Crippen LogP contribution in [0.15, 0.2) is 53.5 Å². The highest BCUT2D eigenvalue weighted by atomic mass is 16.5. The molecule has 0 atom stereocenters. The van der Waals surface area contributed by atoms with Gasteiger partial charge in [0.1, 0.15) is 11.5 Å². The fourth-order valence-electron chi connectivity index (χ4n) is 4.17. The van der Waals surface area contributed by atoms with Crippen molar-refractivity contribution >= 4 is 16.5 Å². The minimum atomic E-state index is 0.00730. The van der Waals surface area contributed by atoms with E-state index >= 15 is 0 Å². The van der Waals surface area contributed by atoms with Crippen molar-refractivity contribution in [3.63, 3.8) is 0 Å². The lowest BCUT2D eigenvalue weighted by Crippen LogP contribution is -2.24. The van der Waals surface area contributed by atoms with E-state index in [1.54, 1.807) is 11.7 Å². The molecule has 0 amide bonds. The van der Waals surface area contributed by atoms with Crippen molar-refractivity contribution in [2.45, 2.75) is 58.1 Å². The van der Waals surface area contributed by atoms with E-state index in [4.69, 9.17) is 14.9 Å². The zero-order valence-electron chi connectivity index (χ0n) is 18.5. The first-order valence-electron chi connectivity index (χ1n) is 11.0. The minimum absolute atomic E-state index is 0.00730. The molecule has 5 nitrogen and oxygen atoms in total. The van der Waals surface area contributed by atoms with Gasteiger partial charge in [-0.2, -0.15) is 0 Å². The Morgan fingerprint density at radius 2 is 1.81 bits per heavy atom. The number of ether oxygens (including phenoxy) is 2. The Labute approximate surface area is 183 Å². The summed E-state index contributed by atoms with van der Waals surface area (Å²) < 4.78 is 13.3. The molecule has 0 saturated heterocycles. The highest BCUT2D eigenvalue weighted by Crippen LogP contribution is 2.33. The van der Waals surface area contributed by atoms with Crippen LogP contribution < -0.4 is 15.0 Å². The fraction of sp³-hybridized carbons (Fsp3) is 0.385. The Morgan fingerprint density at radius 3 is 2.45 bits per heavy atom. The molecular weight excluding hydrogens is 388 g/mol. The Kier molecular flexibility index (Phi) is 6.12. The standard InChI is InChI=1S/C26H30N2O3/c1-17(2)23-15-24-19(14-25(23)31-22-10-6-20(27)7-11-22)12-13-28(26(24)29)16-18-4-8-21(30-3)9-5-18/h4-5,8-9,12-15,17,22,27H,6-7,10-11,16H2,1-3H3. The second-order valence-electron chi connectivity index (χ2n) is 8.65. The van der Waals surface area contributed by atoms with Crippen LogP contribution in [0.25, 0.3) is 10.8 Å². The molecule has 0 aliphatic heterocycles. The molecule has 5 heteroatoms. The summed E-state index contributed by atoms with van der Waals surface area (Å²) in [4.78, 5) is 13.2. The van der Waals surface area contributed by atoms with Crippen LogP contribution in [0.1, 0.15) is 56.6 Å². The lowest BCUT2D eigenvalue weighted by molar-refractivity contribution is 0.176. The third-order valence-corrected chi connectivity index (χ3v) is 6.07. The van der Waals surface area contributed by atoms with Crippen LogP contribution in [0, 0.1) is 5.41 Å². The molecular formula is C26H30N2O3. The molecule has 2 aromatic carbocycles. The van der Waals surface area contributed by atoms with E-state index in [0.717, 1.165) is 64.8 Å². The summed E-state index contributed by atoms with van der Waals surface area (Å²) in [6.07, 6.45) is 5.39. The Bertz CT molecular complexity index is 1140. The zero-order chi connectivity index (χ0) is 22.0. The van der Waals surface area contributed by atoms with Crippen LogP contribution in [-0.2, 0) is 6.54 Å². The molecule has 1 aliphatic rings. The molecule has 162 valence electrons. The molecule has 4 rings (SSSR count). The predicted molar refractivity (Wildman–Crippen MR) is 125 cm³/mol. The number of aromatic nitrogens is 1. The van der Waals surface area contributed by atoms with Gasteiger partial charge < -0.3 is 19.5 Å². The van der Waals surface area contributed by atoms with E-state index < -0.39 is 0 Å². The van der Waals surface area contributed by atoms with E-state index in [9.17, 15) is 4.79 Å². The number of fused-ring (bicyclic) bond motifs is 1. The largest absolute Gasteiger partial charge is 0.497 e. The Morgan fingerprint density at radius 1 is 1.10 bits per heavy atom. The summed E-state index contributed by atoms with van der Waals surface area (Å²) >= 11 is 0. The van der Waals surface area contributed by atoms with Gasteiger partial charge in [0.05, 0.1) is 19.8 Å². The minimum Gasteiger partial charge on any atom is -0.497 e. The monoisotopic (exact) mass is 418 g/mol. The molecule has 3 aromatic rings. The summed E-state index contributed by atoms with van der Waals surface area (Å²) in [6.45, 7) is 4.77. The van der Waals surface area contributed by atoms with Crippen molar-refractivity contribution in [2.24, 2.45) is 0 Å². The number of hydrogen-bond donors (Lipinski definition) is 1. The van der Waals surface area contributed by atoms with E-state index in [-0.39, 0.29) is 17.6 Å². The first kappa shape index (κ1) is 21.2. The van der Waals surface area contributed by atoms with E-state index in [1.807, 2.05) is 48.7 Å². The maximum Gasteiger partial charge on any atom is 0.258 e. The number of hydrogen-bond acceptors (Lipinski definition) is 4. The van der Waals surface area contributed by atoms with E-state index in [1.165, 1.54) is 0 Å². The third-order valence-electron chi connectivity index (χ3n) is 6.07. The van der Waals surface area contributed by atoms with Gasteiger partial charge in [-0.15, -0.1) is 0 Å². The molecule has 0 radical (unpaired) electrons. The number of pyridine rings is 1. The molecule has 0 spiro atoms. The number of nitrogens with one attached hydrogen (secondary N) is 1. The van der Waals surface area contributed by atoms with Crippen LogP contribution in [0.5, 0.6) is 11.5 Å². The van der Waals surface area contributed by atoms with Crippen molar-refractivity contribution < 1.29 is 9.47 Å².